The lowest BCUT2D eigenvalue weighted by atomic mass is 9.79. The summed E-state index contributed by atoms with van der Waals surface area (Å²) in [6, 6.07) is 5.53. The molecule has 0 atom stereocenters. The SMILES string of the molecule is F[B-](F)(F)c1ccccc1OC1CCCCCC1. The van der Waals surface area contributed by atoms with E-state index in [1.165, 1.54) is 12.1 Å². The standard InChI is InChI=1S/C13H17BF3O/c15-14(16,17)12-9-5-6-10-13(12)18-11-7-3-1-2-4-8-11/h5-6,9-11H,1-4,7-8H2/q-1. The van der Waals surface area contributed by atoms with Crippen molar-refractivity contribution < 1.29 is 17.7 Å². The number of para-hydroxylation sites is 1. The molecule has 100 valence electrons. The lowest BCUT2D eigenvalue weighted by Gasteiger charge is -2.23. The molecule has 0 heterocycles. The Morgan fingerprint density at radius 3 is 2.17 bits per heavy atom. The number of hydrogen-bond donors (Lipinski definition) is 0. The smallest absolute Gasteiger partial charge is 0.493 e. The minimum absolute atomic E-state index is 0.00287. The van der Waals surface area contributed by atoms with E-state index in [9.17, 15) is 12.9 Å². The van der Waals surface area contributed by atoms with Gasteiger partial charge < -0.3 is 17.7 Å². The Morgan fingerprint density at radius 1 is 0.944 bits per heavy atom. The molecular weight excluding hydrogens is 240 g/mol. The Morgan fingerprint density at radius 2 is 1.56 bits per heavy atom. The molecule has 2 rings (SSSR count). The zero-order chi connectivity index (χ0) is 13.0. The van der Waals surface area contributed by atoms with Gasteiger partial charge in [0.2, 0.25) is 0 Å². The van der Waals surface area contributed by atoms with Gasteiger partial charge in [0.1, 0.15) is 0 Å². The molecule has 1 nitrogen and oxygen atoms in total. The van der Waals surface area contributed by atoms with Crippen molar-refractivity contribution in [2.24, 2.45) is 0 Å². The molecule has 0 radical (unpaired) electrons. The van der Waals surface area contributed by atoms with E-state index in [2.05, 4.69) is 0 Å². The first-order valence-electron chi connectivity index (χ1n) is 6.53. The molecule has 1 fully saturated rings. The van der Waals surface area contributed by atoms with E-state index in [0.717, 1.165) is 44.6 Å². The van der Waals surface area contributed by atoms with Gasteiger partial charge in [-0.05, 0) is 31.7 Å². The van der Waals surface area contributed by atoms with Crippen LogP contribution in [0.2, 0.25) is 0 Å². The molecule has 18 heavy (non-hydrogen) atoms. The predicted molar refractivity (Wildman–Crippen MR) is 67.3 cm³/mol. The number of ether oxygens (including phenoxy) is 1. The van der Waals surface area contributed by atoms with Gasteiger partial charge in [0.15, 0.2) is 0 Å². The largest absolute Gasteiger partial charge is 0.513 e. The predicted octanol–water partition coefficient (Wildman–Crippen LogP) is 3.84. The highest BCUT2D eigenvalue weighted by molar-refractivity contribution is 6.74. The normalized spacial score (nSPS) is 18.4. The molecule has 1 aliphatic rings. The molecular formula is C13H17BF3O-. The van der Waals surface area contributed by atoms with Gasteiger partial charge >= 0.3 is 6.98 Å². The van der Waals surface area contributed by atoms with Crippen LogP contribution in [0.25, 0.3) is 0 Å². The zero-order valence-corrected chi connectivity index (χ0v) is 10.2. The van der Waals surface area contributed by atoms with Gasteiger partial charge in [0.25, 0.3) is 0 Å². The lowest BCUT2D eigenvalue weighted by molar-refractivity contribution is 0.185. The number of hydrogen-bond acceptors (Lipinski definition) is 1. The second kappa shape index (κ2) is 5.68. The third kappa shape index (κ3) is 3.43. The summed E-state index contributed by atoms with van der Waals surface area (Å²) < 4.78 is 44.2. The minimum Gasteiger partial charge on any atom is -0.493 e. The topological polar surface area (TPSA) is 9.23 Å². The maximum absolute atomic E-state index is 12.9. The fraction of sp³-hybridized carbons (Fsp3) is 0.538. The molecule has 0 saturated heterocycles. The highest BCUT2D eigenvalue weighted by Crippen LogP contribution is 2.24. The minimum atomic E-state index is -5.00. The molecule has 0 aliphatic heterocycles. The molecule has 0 unspecified atom stereocenters. The molecule has 0 spiro atoms. The van der Waals surface area contributed by atoms with Crippen LogP contribution >= 0.6 is 0 Å². The van der Waals surface area contributed by atoms with Crippen LogP contribution in [-0.4, -0.2) is 13.1 Å². The molecule has 0 bridgehead atoms. The van der Waals surface area contributed by atoms with Crippen LogP contribution in [0.5, 0.6) is 5.75 Å². The van der Waals surface area contributed by atoms with E-state index >= 15 is 0 Å². The van der Waals surface area contributed by atoms with Crippen LogP contribution in [0.15, 0.2) is 24.3 Å². The maximum Gasteiger partial charge on any atom is 0.513 e. The average Bonchev–Trinajstić information content (AvgIpc) is 2.57. The summed E-state index contributed by atoms with van der Waals surface area (Å²) in [4.78, 5) is 0. The first-order chi connectivity index (χ1) is 8.57. The summed E-state index contributed by atoms with van der Waals surface area (Å²) in [6.07, 6.45) is 6.06. The fourth-order valence-corrected chi connectivity index (χ4v) is 2.40. The number of rotatable bonds is 3. The van der Waals surface area contributed by atoms with E-state index in [1.54, 1.807) is 6.07 Å². The van der Waals surface area contributed by atoms with E-state index in [-0.39, 0.29) is 11.9 Å². The van der Waals surface area contributed by atoms with Crippen molar-refractivity contribution in [1.29, 1.82) is 0 Å². The summed E-state index contributed by atoms with van der Waals surface area (Å²) in [5.74, 6) is -0.00287. The lowest BCUT2D eigenvalue weighted by Crippen LogP contribution is -2.36. The molecule has 0 N–H and O–H groups in total. The second-order valence-corrected chi connectivity index (χ2v) is 4.84. The Labute approximate surface area is 105 Å². The molecule has 1 aliphatic carbocycles. The van der Waals surface area contributed by atoms with Crippen molar-refractivity contribution in [3.8, 4) is 5.75 Å². The van der Waals surface area contributed by atoms with Gasteiger partial charge in [-0.25, -0.2) is 0 Å². The Hall–Kier alpha value is -1.13. The van der Waals surface area contributed by atoms with Crippen LogP contribution in [-0.2, 0) is 0 Å². The molecule has 1 aromatic rings. The van der Waals surface area contributed by atoms with Gasteiger partial charge in [-0.3, -0.25) is 0 Å². The van der Waals surface area contributed by atoms with Crippen molar-refractivity contribution in [2.75, 3.05) is 0 Å². The van der Waals surface area contributed by atoms with Crippen LogP contribution in [0.4, 0.5) is 12.9 Å². The van der Waals surface area contributed by atoms with Gasteiger partial charge in [-0.2, -0.15) is 0 Å². The van der Waals surface area contributed by atoms with Crippen molar-refractivity contribution in [3.05, 3.63) is 24.3 Å². The highest BCUT2D eigenvalue weighted by Gasteiger charge is 2.29. The van der Waals surface area contributed by atoms with Gasteiger partial charge in [-0.15, -0.1) is 0 Å². The molecule has 0 amide bonds. The van der Waals surface area contributed by atoms with Crippen molar-refractivity contribution in [3.63, 3.8) is 0 Å². The van der Waals surface area contributed by atoms with E-state index in [4.69, 9.17) is 4.74 Å². The van der Waals surface area contributed by atoms with Gasteiger partial charge in [0.05, 0.1) is 11.9 Å². The van der Waals surface area contributed by atoms with Gasteiger partial charge in [0, 0.05) is 0 Å². The first kappa shape index (κ1) is 13.3. The zero-order valence-electron chi connectivity index (χ0n) is 10.2. The number of halogens is 3. The summed E-state index contributed by atoms with van der Waals surface area (Å²) in [5.41, 5.74) is -0.609. The van der Waals surface area contributed by atoms with Gasteiger partial charge in [-0.1, -0.05) is 36.5 Å². The quantitative estimate of drug-likeness (QED) is 0.590. The van der Waals surface area contributed by atoms with Crippen LogP contribution in [0, 0.1) is 0 Å². The van der Waals surface area contributed by atoms with E-state index in [0.29, 0.717) is 0 Å². The third-order valence-electron chi connectivity index (χ3n) is 3.37. The van der Waals surface area contributed by atoms with Crippen molar-refractivity contribution >= 4 is 12.4 Å². The maximum atomic E-state index is 12.9. The fourth-order valence-electron chi connectivity index (χ4n) is 2.40. The Balaban J connectivity index is 2.13. The average molecular weight is 257 g/mol. The summed E-state index contributed by atoms with van der Waals surface area (Å²) in [5, 5.41) is 0. The van der Waals surface area contributed by atoms with Crippen LogP contribution in [0.3, 0.4) is 0 Å². The second-order valence-electron chi connectivity index (χ2n) is 4.84. The van der Waals surface area contributed by atoms with Crippen molar-refractivity contribution in [1.82, 2.24) is 0 Å². The monoisotopic (exact) mass is 257 g/mol. The first-order valence-corrected chi connectivity index (χ1v) is 6.53. The van der Waals surface area contributed by atoms with Crippen LogP contribution < -0.4 is 10.2 Å². The van der Waals surface area contributed by atoms with E-state index in [1.807, 2.05) is 0 Å². The number of benzene rings is 1. The summed E-state index contributed by atoms with van der Waals surface area (Å²) in [6.45, 7) is -5.00. The third-order valence-corrected chi connectivity index (χ3v) is 3.37. The summed E-state index contributed by atoms with van der Waals surface area (Å²) >= 11 is 0. The molecule has 5 heteroatoms. The Kier molecular flexibility index (Phi) is 4.20. The highest BCUT2D eigenvalue weighted by atomic mass is 19.4. The molecule has 1 aromatic carbocycles. The van der Waals surface area contributed by atoms with Crippen LogP contribution in [0.1, 0.15) is 38.5 Å². The Bertz CT molecular complexity index is 384. The molecule has 1 saturated carbocycles. The summed E-state index contributed by atoms with van der Waals surface area (Å²) in [7, 11) is 0. The van der Waals surface area contributed by atoms with Crippen molar-refractivity contribution in [2.45, 2.75) is 44.6 Å². The van der Waals surface area contributed by atoms with E-state index < -0.39 is 12.4 Å². The molecule has 0 aromatic heterocycles.